The SMILES string of the molecule is CC[Si](CC)(CC)OC12CCC=C(C(=O)OC)C1=CC1=CC[C@H](C(C)C)[C@@]1(C)CC2. The molecule has 30 heavy (non-hydrogen) atoms. The molecule has 0 saturated heterocycles. The van der Waals surface area contributed by atoms with E-state index in [-0.39, 0.29) is 17.0 Å². The molecule has 0 bridgehead atoms. The number of carbonyl (C=O) groups excluding carboxylic acids is 1. The summed E-state index contributed by atoms with van der Waals surface area (Å²) in [7, 11) is -0.364. The predicted molar refractivity (Wildman–Crippen MR) is 127 cm³/mol. The van der Waals surface area contributed by atoms with E-state index < -0.39 is 8.32 Å². The topological polar surface area (TPSA) is 35.5 Å². The van der Waals surface area contributed by atoms with E-state index in [0.717, 1.165) is 61.4 Å². The van der Waals surface area contributed by atoms with E-state index in [9.17, 15) is 4.79 Å². The number of rotatable bonds is 7. The van der Waals surface area contributed by atoms with Gasteiger partial charge >= 0.3 is 5.97 Å². The van der Waals surface area contributed by atoms with Crippen molar-refractivity contribution in [3.05, 3.63) is 34.9 Å². The molecule has 0 heterocycles. The monoisotopic (exact) mass is 430 g/mol. The largest absolute Gasteiger partial charge is 0.465 e. The average Bonchev–Trinajstić information content (AvgIpc) is 3.01. The lowest BCUT2D eigenvalue weighted by atomic mass is 9.67. The number of fused-ring (bicyclic) bond motifs is 2. The van der Waals surface area contributed by atoms with Crippen molar-refractivity contribution in [2.24, 2.45) is 17.3 Å². The maximum absolute atomic E-state index is 12.8. The van der Waals surface area contributed by atoms with Gasteiger partial charge in [-0.3, -0.25) is 0 Å². The van der Waals surface area contributed by atoms with Crippen molar-refractivity contribution < 1.29 is 14.0 Å². The Kier molecular flexibility index (Phi) is 6.89. The first kappa shape index (κ1) is 23.5. The van der Waals surface area contributed by atoms with E-state index in [1.165, 1.54) is 12.7 Å². The van der Waals surface area contributed by atoms with Crippen LogP contribution < -0.4 is 0 Å². The van der Waals surface area contributed by atoms with Crippen molar-refractivity contribution in [1.29, 1.82) is 0 Å². The summed E-state index contributed by atoms with van der Waals surface area (Å²) < 4.78 is 12.5. The third kappa shape index (κ3) is 3.79. The fraction of sp³-hybridized carbons (Fsp3) is 0.731. The minimum atomic E-state index is -1.86. The Morgan fingerprint density at radius 2 is 1.80 bits per heavy atom. The molecule has 0 aromatic heterocycles. The van der Waals surface area contributed by atoms with Gasteiger partial charge in [0, 0.05) is 0 Å². The second-order valence-electron chi connectivity index (χ2n) is 10.2. The smallest absolute Gasteiger partial charge is 0.337 e. The Morgan fingerprint density at radius 3 is 2.37 bits per heavy atom. The number of ether oxygens (including phenoxy) is 1. The van der Waals surface area contributed by atoms with Crippen LogP contribution in [0.4, 0.5) is 0 Å². The molecule has 0 aliphatic heterocycles. The maximum Gasteiger partial charge on any atom is 0.337 e. The molecule has 0 fully saturated rings. The van der Waals surface area contributed by atoms with Gasteiger partial charge in [0.1, 0.15) is 0 Å². The summed E-state index contributed by atoms with van der Waals surface area (Å²) in [5.41, 5.74) is 3.07. The van der Waals surface area contributed by atoms with Gasteiger partial charge in [-0.2, -0.15) is 0 Å². The van der Waals surface area contributed by atoms with Crippen molar-refractivity contribution in [3.8, 4) is 0 Å². The zero-order chi connectivity index (χ0) is 22.2. The lowest BCUT2D eigenvalue weighted by Gasteiger charge is -2.46. The molecule has 0 saturated carbocycles. The summed E-state index contributed by atoms with van der Waals surface area (Å²) in [6.07, 6.45) is 12.0. The zero-order valence-corrected chi connectivity index (χ0v) is 21.3. The van der Waals surface area contributed by atoms with E-state index in [4.69, 9.17) is 9.16 Å². The van der Waals surface area contributed by atoms with Gasteiger partial charge in [0.05, 0.1) is 18.3 Å². The Balaban J connectivity index is 2.14. The van der Waals surface area contributed by atoms with E-state index in [0.29, 0.717) is 11.8 Å². The van der Waals surface area contributed by atoms with Crippen LogP contribution in [-0.4, -0.2) is 27.0 Å². The van der Waals surface area contributed by atoms with E-state index in [2.05, 4.69) is 59.8 Å². The highest BCUT2D eigenvalue weighted by atomic mass is 28.4. The zero-order valence-electron chi connectivity index (χ0n) is 20.3. The van der Waals surface area contributed by atoms with Gasteiger partial charge in [-0.05, 0) is 78.6 Å². The molecule has 1 unspecified atom stereocenters. The summed E-state index contributed by atoms with van der Waals surface area (Å²) in [6.45, 7) is 14.0. The van der Waals surface area contributed by atoms with Crippen molar-refractivity contribution >= 4 is 14.3 Å². The number of carbonyl (C=O) groups is 1. The van der Waals surface area contributed by atoms with Crippen molar-refractivity contribution in [3.63, 3.8) is 0 Å². The van der Waals surface area contributed by atoms with E-state index in [1.807, 2.05) is 0 Å². The third-order valence-electron chi connectivity index (χ3n) is 8.65. The molecule has 0 spiro atoms. The fourth-order valence-corrected chi connectivity index (χ4v) is 9.47. The number of hydrogen-bond donors (Lipinski definition) is 0. The molecule has 0 radical (unpaired) electrons. The summed E-state index contributed by atoms with van der Waals surface area (Å²) in [5.74, 6) is 1.08. The van der Waals surface area contributed by atoms with Gasteiger partial charge in [0.2, 0.25) is 0 Å². The van der Waals surface area contributed by atoms with Crippen molar-refractivity contribution in [1.82, 2.24) is 0 Å². The molecule has 3 aliphatic rings. The second-order valence-corrected chi connectivity index (χ2v) is 14.9. The maximum atomic E-state index is 12.8. The van der Waals surface area contributed by atoms with Crippen LogP contribution in [0.25, 0.3) is 0 Å². The minimum Gasteiger partial charge on any atom is -0.465 e. The Labute approximate surface area is 185 Å². The van der Waals surface area contributed by atoms with Crippen LogP contribution in [0.2, 0.25) is 18.1 Å². The van der Waals surface area contributed by atoms with Gasteiger partial charge in [0.25, 0.3) is 0 Å². The van der Waals surface area contributed by atoms with Gasteiger partial charge in [-0.25, -0.2) is 4.79 Å². The number of methoxy groups -OCH3 is 1. The van der Waals surface area contributed by atoms with Crippen LogP contribution in [0.3, 0.4) is 0 Å². The first-order chi connectivity index (χ1) is 14.2. The highest BCUT2D eigenvalue weighted by molar-refractivity contribution is 6.73. The summed E-state index contributed by atoms with van der Waals surface area (Å²) in [6, 6.07) is 3.38. The Bertz CT molecular complexity index is 750. The van der Waals surface area contributed by atoms with Gasteiger partial charge in [-0.1, -0.05) is 59.8 Å². The Morgan fingerprint density at radius 1 is 1.13 bits per heavy atom. The van der Waals surface area contributed by atoms with E-state index >= 15 is 0 Å². The first-order valence-electron chi connectivity index (χ1n) is 12.1. The fourth-order valence-electron chi connectivity index (χ4n) is 6.39. The van der Waals surface area contributed by atoms with Crippen LogP contribution in [0, 0.1) is 17.3 Å². The van der Waals surface area contributed by atoms with Crippen LogP contribution >= 0.6 is 0 Å². The normalized spacial score (nSPS) is 31.3. The molecule has 3 atom stereocenters. The molecule has 0 amide bonds. The average molecular weight is 431 g/mol. The molecule has 0 N–H and O–H groups in total. The molecule has 168 valence electrons. The summed E-state index contributed by atoms with van der Waals surface area (Å²) in [4.78, 5) is 12.8. The van der Waals surface area contributed by atoms with E-state index in [1.54, 1.807) is 0 Å². The number of allylic oxidation sites excluding steroid dienone is 4. The minimum absolute atomic E-state index is 0.158. The van der Waals surface area contributed by atoms with Crippen LogP contribution in [-0.2, 0) is 14.0 Å². The second kappa shape index (κ2) is 8.78. The Hall–Kier alpha value is -1.13. The van der Waals surface area contributed by atoms with Crippen molar-refractivity contribution in [2.45, 2.75) is 97.4 Å². The predicted octanol–water partition coefficient (Wildman–Crippen LogP) is 6.97. The van der Waals surface area contributed by atoms with Gasteiger partial charge in [-0.15, -0.1) is 0 Å². The molecule has 3 aliphatic carbocycles. The third-order valence-corrected chi connectivity index (χ3v) is 13.3. The number of hydrogen-bond acceptors (Lipinski definition) is 3. The molecular weight excluding hydrogens is 388 g/mol. The molecule has 0 aromatic rings. The highest BCUT2D eigenvalue weighted by Crippen LogP contribution is 2.57. The standard InChI is InChI=1S/C26H42O3Si/c1-8-30(9-2,10-3)29-26-15-11-12-21(24(27)28-7)23(26)18-20-13-14-22(19(4)5)25(20,6)16-17-26/h12-13,18-19,22H,8-11,14-17H2,1-7H3/t22-,25+,26?/m1/s1. The summed E-state index contributed by atoms with van der Waals surface area (Å²) in [5, 5.41) is 0. The number of esters is 1. The molecule has 0 aromatic carbocycles. The lowest BCUT2D eigenvalue weighted by molar-refractivity contribution is -0.136. The van der Waals surface area contributed by atoms with Crippen LogP contribution in [0.15, 0.2) is 34.9 Å². The molecule has 3 rings (SSSR count). The highest BCUT2D eigenvalue weighted by Gasteiger charge is 2.52. The first-order valence-corrected chi connectivity index (χ1v) is 14.7. The van der Waals surface area contributed by atoms with Gasteiger partial charge < -0.3 is 9.16 Å². The lowest BCUT2D eigenvalue weighted by Crippen LogP contribution is -2.50. The molecule has 4 heteroatoms. The molecular formula is C26H42O3Si. The van der Waals surface area contributed by atoms with Gasteiger partial charge in [0.15, 0.2) is 8.32 Å². The van der Waals surface area contributed by atoms with Crippen LogP contribution in [0.1, 0.15) is 73.6 Å². The summed E-state index contributed by atoms with van der Waals surface area (Å²) >= 11 is 0. The molecule has 3 nitrogen and oxygen atoms in total. The van der Waals surface area contributed by atoms with Crippen LogP contribution in [0.5, 0.6) is 0 Å². The quantitative estimate of drug-likeness (QED) is 0.323. The van der Waals surface area contributed by atoms with Crippen molar-refractivity contribution in [2.75, 3.05) is 7.11 Å².